The van der Waals surface area contributed by atoms with Crippen LogP contribution in [0.2, 0.25) is 0 Å². The van der Waals surface area contributed by atoms with Crippen LogP contribution in [0.25, 0.3) is 22.6 Å². The van der Waals surface area contributed by atoms with Crippen LogP contribution in [0.5, 0.6) is 0 Å². The minimum absolute atomic E-state index is 0.271. The van der Waals surface area contributed by atoms with Crippen molar-refractivity contribution >= 4 is 50.1 Å². The van der Waals surface area contributed by atoms with Crippen LogP contribution in [0.3, 0.4) is 0 Å². The standard InChI is InChI=1S/C34H37N3O3S2/c1-4-36(5-2)25-26-15-17-27(18-16-26)29(23-28-19-21-35(3)31-12-7-6-11-30(28)31)24-34-37(20-10-22-42(38,39)40)32-13-8-9-14-33(32)41-34/h6-9,11-19,21,23-24H,4-5,10,20,22,25H2,1-3H3/p+1. The largest absolute Gasteiger partial charge is 0.335 e. The number of benzene rings is 3. The molecule has 3 aromatic carbocycles. The number of nitrogens with zero attached hydrogens (tertiary/aromatic N) is 3. The van der Waals surface area contributed by atoms with E-state index in [9.17, 15) is 13.0 Å². The van der Waals surface area contributed by atoms with Gasteiger partial charge in [0.05, 0.1) is 21.9 Å². The quantitative estimate of drug-likeness (QED) is 0.151. The van der Waals surface area contributed by atoms with Gasteiger partial charge in [0.15, 0.2) is 6.20 Å². The predicted molar refractivity (Wildman–Crippen MR) is 175 cm³/mol. The van der Waals surface area contributed by atoms with Gasteiger partial charge < -0.3 is 4.90 Å². The SMILES string of the molecule is CCN(CC)Cc1ccc(C(=Cc2cc[n+](C)c3ccccc23)C=C2Sc3ccccc3N2CCCS(=O)(=O)O)cc1. The Kier molecular flexibility index (Phi) is 9.48. The van der Waals surface area contributed by atoms with Crippen LogP contribution in [0, 0.1) is 0 Å². The lowest BCUT2D eigenvalue weighted by Crippen LogP contribution is -2.28. The van der Waals surface area contributed by atoms with Crippen molar-refractivity contribution in [2.24, 2.45) is 7.05 Å². The fourth-order valence-electron chi connectivity index (χ4n) is 5.33. The van der Waals surface area contributed by atoms with Crippen LogP contribution in [-0.2, 0) is 23.7 Å². The highest BCUT2D eigenvalue weighted by Crippen LogP contribution is 2.47. The number of pyridine rings is 1. The third kappa shape index (κ3) is 7.13. The number of fused-ring (bicyclic) bond motifs is 2. The van der Waals surface area contributed by atoms with Gasteiger partial charge in [0.25, 0.3) is 10.1 Å². The van der Waals surface area contributed by atoms with Gasteiger partial charge in [-0.3, -0.25) is 9.45 Å². The molecule has 0 spiro atoms. The second kappa shape index (κ2) is 13.3. The zero-order chi connectivity index (χ0) is 29.7. The minimum Gasteiger partial charge on any atom is -0.335 e. The highest BCUT2D eigenvalue weighted by molar-refractivity contribution is 8.03. The lowest BCUT2D eigenvalue weighted by atomic mass is 9.99. The molecule has 218 valence electrons. The fourth-order valence-corrected chi connectivity index (χ4v) is 6.96. The van der Waals surface area contributed by atoms with Gasteiger partial charge in [0.1, 0.15) is 7.05 Å². The second-order valence-corrected chi connectivity index (χ2v) is 13.1. The molecule has 1 aliphatic rings. The van der Waals surface area contributed by atoms with E-state index in [0.29, 0.717) is 13.0 Å². The molecule has 1 aromatic heterocycles. The summed E-state index contributed by atoms with van der Waals surface area (Å²) in [5.74, 6) is -0.271. The number of rotatable bonds is 11. The molecular formula is C34H38N3O3S2+. The minimum atomic E-state index is -4.03. The first-order valence-corrected chi connectivity index (χ1v) is 16.8. The molecule has 0 radical (unpaired) electrons. The number of allylic oxidation sites excluding steroid dienone is 2. The number of hydrogen-bond acceptors (Lipinski definition) is 5. The van der Waals surface area contributed by atoms with E-state index in [4.69, 9.17) is 0 Å². The van der Waals surface area contributed by atoms with E-state index in [0.717, 1.165) is 57.5 Å². The van der Waals surface area contributed by atoms with E-state index in [-0.39, 0.29) is 5.75 Å². The maximum Gasteiger partial charge on any atom is 0.264 e. The Balaban J connectivity index is 1.59. The van der Waals surface area contributed by atoms with Crippen molar-refractivity contribution < 1.29 is 17.5 Å². The van der Waals surface area contributed by atoms with Crippen molar-refractivity contribution in [2.75, 3.05) is 30.3 Å². The average molecular weight is 601 g/mol. The molecule has 0 atom stereocenters. The van der Waals surface area contributed by atoms with Crippen LogP contribution in [0.4, 0.5) is 5.69 Å². The highest BCUT2D eigenvalue weighted by atomic mass is 32.2. The molecule has 0 bridgehead atoms. The molecule has 1 N–H and O–H groups in total. The predicted octanol–water partition coefficient (Wildman–Crippen LogP) is 6.78. The first-order valence-electron chi connectivity index (χ1n) is 14.4. The van der Waals surface area contributed by atoms with E-state index in [1.54, 1.807) is 11.8 Å². The molecule has 0 aliphatic carbocycles. The molecule has 0 unspecified atom stereocenters. The van der Waals surface area contributed by atoms with Gasteiger partial charge in [-0.2, -0.15) is 8.42 Å². The van der Waals surface area contributed by atoms with Crippen molar-refractivity contribution in [2.45, 2.75) is 31.7 Å². The Morgan fingerprint density at radius 1 is 0.976 bits per heavy atom. The number of hydrogen-bond donors (Lipinski definition) is 1. The summed E-state index contributed by atoms with van der Waals surface area (Å²) < 4.78 is 34.4. The number of aromatic nitrogens is 1. The molecule has 42 heavy (non-hydrogen) atoms. The van der Waals surface area contributed by atoms with E-state index >= 15 is 0 Å². The van der Waals surface area contributed by atoms with Gasteiger partial charge in [-0.1, -0.05) is 74.1 Å². The molecule has 0 saturated carbocycles. The van der Waals surface area contributed by atoms with Gasteiger partial charge in [-0.25, -0.2) is 4.57 Å². The van der Waals surface area contributed by atoms with Crippen LogP contribution in [0.15, 0.2) is 101 Å². The number of para-hydroxylation sites is 2. The van der Waals surface area contributed by atoms with E-state index < -0.39 is 10.1 Å². The molecular weight excluding hydrogens is 563 g/mol. The smallest absolute Gasteiger partial charge is 0.264 e. The van der Waals surface area contributed by atoms with Gasteiger partial charge in [-0.05, 0) is 72.1 Å². The zero-order valence-corrected chi connectivity index (χ0v) is 26.0. The first-order chi connectivity index (χ1) is 20.3. The summed E-state index contributed by atoms with van der Waals surface area (Å²) in [5, 5.41) is 2.19. The van der Waals surface area contributed by atoms with Crippen molar-refractivity contribution in [3.8, 4) is 0 Å². The third-order valence-corrected chi connectivity index (χ3v) is 9.59. The van der Waals surface area contributed by atoms with Gasteiger partial charge in [0, 0.05) is 30.1 Å². The molecule has 5 rings (SSSR count). The first kappa shape index (κ1) is 30.0. The van der Waals surface area contributed by atoms with E-state index in [1.807, 2.05) is 12.1 Å². The fraction of sp³-hybridized carbons (Fsp3) is 0.265. The molecule has 0 fully saturated rings. The summed E-state index contributed by atoms with van der Waals surface area (Å²) in [7, 11) is -1.97. The topological polar surface area (TPSA) is 64.7 Å². The van der Waals surface area contributed by atoms with Crippen molar-refractivity contribution in [1.29, 1.82) is 0 Å². The van der Waals surface area contributed by atoms with Crippen molar-refractivity contribution in [1.82, 2.24) is 4.90 Å². The summed E-state index contributed by atoms with van der Waals surface area (Å²) >= 11 is 1.68. The summed E-state index contributed by atoms with van der Waals surface area (Å²) in [6.07, 6.45) is 6.87. The van der Waals surface area contributed by atoms with Crippen molar-refractivity contribution in [3.63, 3.8) is 0 Å². The summed E-state index contributed by atoms with van der Waals surface area (Å²) in [6.45, 7) is 7.80. The van der Waals surface area contributed by atoms with Crippen LogP contribution in [0.1, 0.15) is 37.0 Å². The van der Waals surface area contributed by atoms with E-state index in [1.165, 1.54) is 10.9 Å². The molecule has 0 amide bonds. The van der Waals surface area contributed by atoms with E-state index in [2.05, 4.69) is 120 Å². The van der Waals surface area contributed by atoms with Crippen LogP contribution < -0.4 is 9.47 Å². The zero-order valence-electron chi connectivity index (χ0n) is 24.4. The Hall–Kier alpha value is -3.43. The molecule has 2 heterocycles. The monoisotopic (exact) mass is 600 g/mol. The van der Waals surface area contributed by atoms with Gasteiger partial charge >= 0.3 is 0 Å². The van der Waals surface area contributed by atoms with Crippen molar-refractivity contribution in [3.05, 3.63) is 113 Å². The Bertz CT molecular complexity index is 1730. The normalized spacial score (nSPS) is 14.7. The number of thioether (sulfide) groups is 1. The molecule has 0 saturated heterocycles. The molecule has 6 nitrogen and oxygen atoms in total. The Labute approximate surface area is 253 Å². The van der Waals surface area contributed by atoms with Crippen LogP contribution in [-0.4, -0.2) is 43.3 Å². The summed E-state index contributed by atoms with van der Waals surface area (Å²) in [5.41, 5.74) is 6.79. The summed E-state index contributed by atoms with van der Waals surface area (Å²) in [4.78, 5) is 5.69. The molecule has 4 aromatic rings. The number of aryl methyl sites for hydroxylation is 1. The number of anilines is 1. The summed E-state index contributed by atoms with van der Waals surface area (Å²) in [6, 6.07) is 27.6. The average Bonchev–Trinajstić information content (AvgIpc) is 3.33. The Morgan fingerprint density at radius 3 is 2.43 bits per heavy atom. The molecule has 8 heteroatoms. The second-order valence-electron chi connectivity index (χ2n) is 10.5. The molecule has 1 aliphatic heterocycles. The van der Waals surface area contributed by atoms with Gasteiger partial charge in [-0.15, -0.1) is 0 Å². The third-order valence-electron chi connectivity index (χ3n) is 7.67. The maximum absolute atomic E-state index is 11.5. The van der Waals surface area contributed by atoms with Crippen LogP contribution >= 0.6 is 11.8 Å². The maximum atomic E-state index is 11.5. The van der Waals surface area contributed by atoms with Gasteiger partial charge in [0.2, 0.25) is 5.52 Å². The Morgan fingerprint density at radius 2 is 1.69 bits per heavy atom. The lowest BCUT2D eigenvalue weighted by molar-refractivity contribution is -0.644. The lowest BCUT2D eigenvalue weighted by Gasteiger charge is -2.21. The highest BCUT2D eigenvalue weighted by Gasteiger charge is 2.25.